The molecule has 0 aliphatic carbocycles. The van der Waals surface area contributed by atoms with Crippen LogP contribution in [-0.2, 0) is 13.5 Å². The predicted molar refractivity (Wildman–Crippen MR) is 41.8 cm³/mol. The highest BCUT2D eigenvalue weighted by molar-refractivity contribution is 5.87. The van der Waals surface area contributed by atoms with Crippen molar-refractivity contribution < 1.29 is 9.90 Å². The number of carboxylic acids is 1. The van der Waals surface area contributed by atoms with E-state index < -0.39 is 5.97 Å². The van der Waals surface area contributed by atoms with Gasteiger partial charge in [0, 0.05) is 13.2 Å². The van der Waals surface area contributed by atoms with Crippen LogP contribution in [0.3, 0.4) is 0 Å². The van der Waals surface area contributed by atoms with Gasteiger partial charge in [-0.1, -0.05) is 6.92 Å². The molecule has 0 saturated carbocycles. The molecule has 3 nitrogen and oxygen atoms in total. The maximum absolute atomic E-state index is 10.6. The highest BCUT2D eigenvalue weighted by Crippen LogP contribution is 2.09. The number of rotatable bonds is 2. The molecule has 11 heavy (non-hydrogen) atoms. The van der Waals surface area contributed by atoms with Crippen LogP contribution < -0.4 is 0 Å². The first-order valence-electron chi connectivity index (χ1n) is 3.54. The maximum Gasteiger partial charge on any atom is 0.352 e. The summed E-state index contributed by atoms with van der Waals surface area (Å²) >= 11 is 0. The smallest absolute Gasteiger partial charge is 0.352 e. The number of aromatic nitrogens is 1. The lowest BCUT2D eigenvalue weighted by molar-refractivity contribution is 0.0685. The fourth-order valence-corrected chi connectivity index (χ4v) is 1.16. The summed E-state index contributed by atoms with van der Waals surface area (Å²) in [7, 11) is 1.74. The Labute approximate surface area is 65.3 Å². The molecule has 1 heterocycles. The Morgan fingerprint density at radius 2 is 2.36 bits per heavy atom. The number of nitrogens with zero attached hydrogens (tertiary/aromatic N) is 1. The minimum absolute atomic E-state index is 0.396. The molecule has 3 heteroatoms. The molecule has 0 aromatic carbocycles. The highest BCUT2D eigenvalue weighted by Gasteiger charge is 2.11. The van der Waals surface area contributed by atoms with E-state index in [1.807, 2.05) is 13.0 Å². The van der Waals surface area contributed by atoms with Gasteiger partial charge < -0.3 is 9.67 Å². The minimum Gasteiger partial charge on any atom is -0.477 e. The third kappa shape index (κ3) is 1.27. The van der Waals surface area contributed by atoms with Crippen LogP contribution >= 0.6 is 0 Å². The van der Waals surface area contributed by atoms with E-state index in [-0.39, 0.29) is 0 Å². The fourth-order valence-electron chi connectivity index (χ4n) is 1.16. The maximum atomic E-state index is 10.6. The van der Waals surface area contributed by atoms with E-state index in [0.29, 0.717) is 5.69 Å². The Bertz CT molecular complexity index is 276. The second-order valence-corrected chi connectivity index (χ2v) is 2.46. The number of aryl methyl sites for hydroxylation is 2. The topological polar surface area (TPSA) is 42.2 Å². The zero-order valence-corrected chi connectivity index (χ0v) is 6.66. The molecule has 0 spiro atoms. The number of hydrogen-bond acceptors (Lipinski definition) is 1. The highest BCUT2D eigenvalue weighted by atomic mass is 16.4. The first-order valence-corrected chi connectivity index (χ1v) is 3.54. The standard InChI is InChI=1S/C8H11NO2/c1-3-6-4-5-9(2)7(6)8(10)11/h4-5H,3H2,1-2H3,(H,10,11). The second-order valence-electron chi connectivity index (χ2n) is 2.46. The number of carbonyl (C=O) groups is 1. The van der Waals surface area contributed by atoms with Crippen LogP contribution in [0.2, 0.25) is 0 Å². The summed E-state index contributed by atoms with van der Waals surface area (Å²) in [5, 5.41) is 8.75. The van der Waals surface area contributed by atoms with Gasteiger partial charge in [-0.25, -0.2) is 4.79 Å². The van der Waals surface area contributed by atoms with Gasteiger partial charge in [0.25, 0.3) is 0 Å². The lowest BCUT2D eigenvalue weighted by Gasteiger charge is -1.98. The van der Waals surface area contributed by atoms with E-state index in [2.05, 4.69) is 0 Å². The van der Waals surface area contributed by atoms with Crippen LogP contribution in [0.25, 0.3) is 0 Å². The molecule has 1 N–H and O–H groups in total. The largest absolute Gasteiger partial charge is 0.477 e. The van der Waals surface area contributed by atoms with E-state index >= 15 is 0 Å². The third-order valence-electron chi connectivity index (χ3n) is 1.74. The Morgan fingerprint density at radius 3 is 2.73 bits per heavy atom. The van der Waals surface area contributed by atoms with Crippen LogP contribution in [-0.4, -0.2) is 15.6 Å². The van der Waals surface area contributed by atoms with Crippen LogP contribution in [0, 0.1) is 0 Å². The summed E-state index contributed by atoms with van der Waals surface area (Å²) in [5.41, 5.74) is 1.28. The molecule has 0 amide bonds. The molecule has 1 rings (SSSR count). The predicted octanol–water partition coefficient (Wildman–Crippen LogP) is 1.29. The fraction of sp³-hybridized carbons (Fsp3) is 0.375. The van der Waals surface area contributed by atoms with E-state index in [0.717, 1.165) is 12.0 Å². The van der Waals surface area contributed by atoms with Gasteiger partial charge >= 0.3 is 5.97 Å². The van der Waals surface area contributed by atoms with Crippen molar-refractivity contribution in [2.24, 2.45) is 7.05 Å². The van der Waals surface area contributed by atoms with Crippen LogP contribution in [0.1, 0.15) is 23.0 Å². The van der Waals surface area contributed by atoms with Crippen molar-refractivity contribution in [2.45, 2.75) is 13.3 Å². The molecular weight excluding hydrogens is 142 g/mol. The Kier molecular flexibility index (Phi) is 1.98. The summed E-state index contributed by atoms with van der Waals surface area (Å²) in [5.74, 6) is -0.852. The van der Waals surface area contributed by atoms with Gasteiger partial charge in [-0.2, -0.15) is 0 Å². The van der Waals surface area contributed by atoms with E-state index in [4.69, 9.17) is 5.11 Å². The molecule has 0 bridgehead atoms. The number of carboxylic acid groups (broad SMARTS) is 1. The summed E-state index contributed by atoms with van der Waals surface area (Å²) in [6.07, 6.45) is 2.53. The van der Waals surface area contributed by atoms with Crippen molar-refractivity contribution in [1.82, 2.24) is 4.57 Å². The van der Waals surface area contributed by atoms with E-state index in [9.17, 15) is 4.79 Å². The third-order valence-corrected chi connectivity index (χ3v) is 1.74. The lowest BCUT2D eigenvalue weighted by atomic mass is 10.2. The average molecular weight is 153 g/mol. The van der Waals surface area contributed by atoms with E-state index in [1.54, 1.807) is 17.8 Å². The molecule has 0 aliphatic rings. The van der Waals surface area contributed by atoms with E-state index in [1.165, 1.54) is 0 Å². The molecule has 60 valence electrons. The first-order chi connectivity index (χ1) is 5.16. The molecular formula is C8H11NO2. The zero-order valence-electron chi connectivity index (χ0n) is 6.66. The molecule has 1 aromatic heterocycles. The number of aromatic carboxylic acids is 1. The van der Waals surface area contributed by atoms with Crippen LogP contribution in [0.4, 0.5) is 0 Å². The molecule has 0 radical (unpaired) electrons. The van der Waals surface area contributed by atoms with Crippen molar-refractivity contribution in [2.75, 3.05) is 0 Å². The quantitative estimate of drug-likeness (QED) is 0.695. The summed E-state index contributed by atoms with van der Waals surface area (Å²) < 4.78 is 1.63. The van der Waals surface area contributed by atoms with Crippen LogP contribution in [0.15, 0.2) is 12.3 Å². The summed E-state index contributed by atoms with van der Waals surface area (Å²) in [6.45, 7) is 1.95. The van der Waals surface area contributed by atoms with Crippen molar-refractivity contribution in [3.05, 3.63) is 23.5 Å². The monoisotopic (exact) mass is 153 g/mol. The lowest BCUT2D eigenvalue weighted by Crippen LogP contribution is -2.06. The summed E-state index contributed by atoms with van der Waals surface area (Å²) in [6, 6.07) is 1.84. The Hall–Kier alpha value is -1.25. The van der Waals surface area contributed by atoms with Gasteiger partial charge in [0.1, 0.15) is 5.69 Å². The average Bonchev–Trinajstić information content (AvgIpc) is 2.30. The zero-order chi connectivity index (χ0) is 8.43. The molecule has 0 unspecified atom stereocenters. The normalized spacial score (nSPS) is 10.0. The summed E-state index contributed by atoms with van der Waals surface area (Å²) in [4.78, 5) is 10.6. The van der Waals surface area contributed by atoms with Crippen molar-refractivity contribution >= 4 is 5.97 Å². The van der Waals surface area contributed by atoms with Gasteiger partial charge in [-0.15, -0.1) is 0 Å². The van der Waals surface area contributed by atoms with Crippen molar-refractivity contribution in [1.29, 1.82) is 0 Å². The minimum atomic E-state index is -0.852. The first kappa shape index (κ1) is 7.85. The van der Waals surface area contributed by atoms with Gasteiger partial charge in [-0.05, 0) is 18.1 Å². The molecule has 0 fully saturated rings. The Morgan fingerprint density at radius 1 is 1.73 bits per heavy atom. The molecule has 0 aliphatic heterocycles. The van der Waals surface area contributed by atoms with Crippen molar-refractivity contribution in [3.63, 3.8) is 0 Å². The molecule has 0 atom stereocenters. The van der Waals surface area contributed by atoms with Crippen LogP contribution in [0.5, 0.6) is 0 Å². The Balaban J connectivity index is 3.17. The van der Waals surface area contributed by atoms with Gasteiger partial charge in [0.05, 0.1) is 0 Å². The molecule has 0 saturated heterocycles. The second kappa shape index (κ2) is 2.78. The SMILES string of the molecule is CCc1ccn(C)c1C(=O)O. The molecule has 1 aromatic rings. The van der Waals surface area contributed by atoms with Gasteiger partial charge in [0.15, 0.2) is 0 Å². The number of hydrogen-bond donors (Lipinski definition) is 1. The van der Waals surface area contributed by atoms with Crippen molar-refractivity contribution in [3.8, 4) is 0 Å². The van der Waals surface area contributed by atoms with Gasteiger partial charge in [-0.3, -0.25) is 0 Å². The van der Waals surface area contributed by atoms with Gasteiger partial charge in [0.2, 0.25) is 0 Å².